The second-order valence-electron chi connectivity index (χ2n) is 10.1. The maximum absolute atomic E-state index is 5.73. The van der Waals surface area contributed by atoms with E-state index in [1.165, 1.54) is 33.5 Å². The summed E-state index contributed by atoms with van der Waals surface area (Å²) in [5, 5.41) is 0. The quantitative estimate of drug-likeness (QED) is 0.216. The number of aryl methyl sites for hydroxylation is 1. The van der Waals surface area contributed by atoms with E-state index in [4.69, 9.17) is 4.74 Å². The van der Waals surface area contributed by atoms with Crippen LogP contribution in [-0.2, 0) is 12.5 Å². The summed E-state index contributed by atoms with van der Waals surface area (Å²) < 4.78 is 7.96. The molecule has 1 heterocycles. The number of pyridine rings is 1. The Labute approximate surface area is 233 Å². The lowest BCUT2D eigenvalue weighted by Crippen LogP contribution is -3.00. The summed E-state index contributed by atoms with van der Waals surface area (Å²) in [5.74, 6) is 0.918. The van der Waals surface area contributed by atoms with Gasteiger partial charge in [0.1, 0.15) is 12.8 Å². The van der Waals surface area contributed by atoms with Crippen LogP contribution < -0.4 is 33.3 Å². The van der Waals surface area contributed by atoms with Gasteiger partial charge in [-0.3, -0.25) is 0 Å². The van der Waals surface area contributed by atoms with Gasteiger partial charge in [-0.15, -0.1) is 0 Å². The zero-order chi connectivity index (χ0) is 24.8. The lowest BCUT2D eigenvalue weighted by molar-refractivity contribution is -0.659. The zero-order valence-corrected chi connectivity index (χ0v) is 24.1. The molecule has 0 saturated heterocycles. The van der Waals surface area contributed by atoms with Crippen LogP contribution in [0.15, 0.2) is 91.1 Å². The van der Waals surface area contributed by atoms with Crippen molar-refractivity contribution in [3.8, 4) is 28.1 Å². The fourth-order valence-corrected chi connectivity index (χ4v) is 4.17. The Morgan fingerprint density at radius 1 is 0.806 bits per heavy atom. The highest BCUT2D eigenvalue weighted by Crippen LogP contribution is 2.29. The van der Waals surface area contributed by atoms with E-state index < -0.39 is 0 Å². The monoisotopic (exact) mass is 589 g/mol. The molecule has 0 saturated carbocycles. The van der Waals surface area contributed by atoms with Gasteiger partial charge in [0, 0.05) is 11.6 Å². The highest BCUT2D eigenvalue weighted by Gasteiger charge is 2.18. The Morgan fingerprint density at radius 3 is 2.08 bits per heavy atom. The van der Waals surface area contributed by atoms with E-state index in [9.17, 15) is 0 Å². The molecule has 4 rings (SSSR count). The number of nitrogens with zero attached hydrogens (tertiary/aromatic N) is 1. The van der Waals surface area contributed by atoms with Gasteiger partial charge in [-0.2, -0.15) is 0 Å². The van der Waals surface area contributed by atoms with Gasteiger partial charge >= 0.3 is 0 Å². The van der Waals surface area contributed by atoms with Crippen molar-refractivity contribution in [2.75, 3.05) is 6.61 Å². The molecule has 0 fully saturated rings. The van der Waals surface area contributed by atoms with Crippen molar-refractivity contribution < 1.29 is 33.3 Å². The van der Waals surface area contributed by atoms with Crippen LogP contribution in [0.1, 0.15) is 50.8 Å². The molecule has 0 aliphatic heterocycles. The molecule has 0 bridgehead atoms. The van der Waals surface area contributed by atoms with E-state index in [0.29, 0.717) is 0 Å². The van der Waals surface area contributed by atoms with Gasteiger partial charge in [-0.1, -0.05) is 94.4 Å². The molecule has 0 amide bonds. The number of halogens is 1. The normalized spacial score (nSPS) is 11.4. The summed E-state index contributed by atoms with van der Waals surface area (Å²) in [6.07, 6.45) is 7.65. The van der Waals surface area contributed by atoms with E-state index in [1.807, 2.05) is 12.1 Å². The summed E-state index contributed by atoms with van der Waals surface area (Å²) in [6.45, 7) is 9.62. The zero-order valence-electron chi connectivity index (χ0n) is 22.0. The Balaban J connectivity index is 0.00000361. The molecular formula is C33H36INO. The van der Waals surface area contributed by atoms with Gasteiger partial charge in [-0.25, -0.2) is 4.57 Å². The largest absolute Gasteiger partial charge is 1.00 e. The number of ether oxygens (including phenoxy) is 1. The molecule has 0 atom stereocenters. The predicted molar refractivity (Wildman–Crippen MR) is 148 cm³/mol. The second-order valence-corrected chi connectivity index (χ2v) is 10.1. The van der Waals surface area contributed by atoms with Crippen LogP contribution in [-0.4, -0.2) is 6.61 Å². The molecule has 0 spiro atoms. The summed E-state index contributed by atoms with van der Waals surface area (Å²) in [5.41, 5.74) is 8.65. The van der Waals surface area contributed by atoms with Crippen LogP contribution in [0.2, 0.25) is 0 Å². The molecule has 3 aromatic carbocycles. The molecule has 0 aliphatic carbocycles. The van der Waals surface area contributed by atoms with Crippen molar-refractivity contribution in [1.82, 2.24) is 0 Å². The maximum atomic E-state index is 5.73. The highest BCUT2D eigenvalue weighted by atomic mass is 127. The lowest BCUT2D eigenvalue weighted by Gasteiger charge is -2.19. The minimum Gasteiger partial charge on any atom is -1.00 e. The molecular weight excluding hydrogens is 553 g/mol. The van der Waals surface area contributed by atoms with E-state index in [2.05, 4.69) is 130 Å². The van der Waals surface area contributed by atoms with Crippen molar-refractivity contribution in [2.24, 2.45) is 7.05 Å². The third-order valence-electron chi connectivity index (χ3n) is 6.25. The minimum atomic E-state index is 0. The Morgan fingerprint density at radius 2 is 1.47 bits per heavy atom. The van der Waals surface area contributed by atoms with Crippen LogP contribution >= 0.6 is 0 Å². The van der Waals surface area contributed by atoms with E-state index in [1.54, 1.807) is 0 Å². The van der Waals surface area contributed by atoms with Crippen molar-refractivity contribution in [2.45, 2.75) is 39.5 Å². The third-order valence-corrected chi connectivity index (χ3v) is 6.25. The van der Waals surface area contributed by atoms with E-state index >= 15 is 0 Å². The Kier molecular flexibility index (Phi) is 9.49. The van der Waals surface area contributed by atoms with Crippen molar-refractivity contribution in [3.63, 3.8) is 0 Å². The second kappa shape index (κ2) is 12.4. The Hall–Kier alpha value is -2.92. The highest BCUT2D eigenvalue weighted by molar-refractivity contribution is 5.81. The van der Waals surface area contributed by atoms with Crippen molar-refractivity contribution >= 4 is 12.2 Å². The predicted octanol–water partition coefficient (Wildman–Crippen LogP) is 5.11. The van der Waals surface area contributed by atoms with Gasteiger partial charge in [0.25, 0.3) is 0 Å². The Bertz CT molecular complexity index is 1280. The van der Waals surface area contributed by atoms with Crippen LogP contribution in [0.5, 0.6) is 5.75 Å². The van der Waals surface area contributed by atoms with Gasteiger partial charge in [0.05, 0.1) is 12.2 Å². The van der Waals surface area contributed by atoms with E-state index in [-0.39, 0.29) is 29.4 Å². The summed E-state index contributed by atoms with van der Waals surface area (Å²) in [4.78, 5) is 0. The average Bonchev–Trinajstić information content (AvgIpc) is 2.87. The first-order chi connectivity index (χ1) is 16.8. The SMILES string of the molecule is CCCOc1ccc(/C=C/c2cc(-c3ccc(C(C)(C)C)cc3)[n+](C)cc2-c2ccccc2)cc1.[I-]. The standard InChI is InChI=1S/C33H36NO.HI/c1-6-22-35-30-20-13-25(14-21-30)12-15-28-23-32(27-16-18-29(19-17-27)33(2,3)4)34(5)24-31(28)26-10-8-7-9-11-26;/h7-21,23-24H,6,22H2,1-5H3;1H/q+1;/p-1/b15-12+;. The molecule has 0 N–H and O–H groups in total. The number of hydrogen-bond acceptors (Lipinski definition) is 1. The first kappa shape index (κ1) is 27.7. The molecule has 4 aromatic rings. The van der Waals surface area contributed by atoms with Crippen LogP contribution in [0.4, 0.5) is 0 Å². The number of benzene rings is 3. The first-order valence-electron chi connectivity index (χ1n) is 12.5. The summed E-state index contributed by atoms with van der Waals surface area (Å²) >= 11 is 0. The lowest BCUT2D eigenvalue weighted by atomic mass is 9.86. The molecule has 1 aromatic heterocycles. The molecule has 2 nitrogen and oxygen atoms in total. The van der Waals surface area contributed by atoms with Gasteiger partial charge in [0.15, 0.2) is 6.20 Å². The van der Waals surface area contributed by atoms with Crippen LogP contribution in [0.25, 0.3) is 34.5 Å². The smallest absolute Gasteiger partial charge is 0.212 e. The molecule has 186 valence electrons. The van der Waals surface area contributed by atoms with E-state index in [0.717, 1.165) is 24.3 Å². The first-order valence-corrected chi connectivity index (χ1v) is 12.5. The number of hydrogen-bond donors (Lipinski definition) is 0. The van der Waals surface area contributed by atoms with Gasteiger partial charge in [-0.05, 0) is 58.4 Å². The van der Waals surface area contributed by atoms with Crippen LogP contribution in [0, 0.1) is 0 Å². The fraction of sp³-hybridized carbons (Fsp3) is 0.242. The molecule has 3 heteroatoms. The fourth-order valence-electron chi connectivity index (χ4n) is 4.17. The third kappa shape index (κ3) is 6.85. The topological polar surface area (TPSA) is 13.1 Å². The van der Waals surface area contributed by atoms with Gasteiger partial charge < -0.3 is 28.7 Å². The minimum absolute atomic E-state index is 0. The molecule has 0 unspecified atom stereocenters. The molecule has 0 aliphatic rings. The van der Waals surface area contributed by atoms with Crippen molar-refractivity contribution in [1.29, 1.82) is 0 Å². The van der Waals surface area contributed by atoms with Gasteiger partial charge in [0.2, 0.25) is 5.69 Å². The van der Waals surface area contributed by atoms with Crippen LogP contribution in [0.3, 0.4) is 0 Å². The number of aromatic nitrogens is 1. The maximum Gasteiger partial charge on any atom is 0.212 e. The average molecular weight is 590 g/mol. The number of rotatable bonds is 7. The summed E-state index contributed by atoms with van der Waals surface area (Å²) in [6, 6.07) is 30.2. The molecule has 0 radical (unpaired) electrons. The molecule has 36 heavy (non-hydrogen) atoms. The van der Waals surface area contributed by atoms with Crippen molar-refractivity contribution in [3.05, 3.63) is 108 Å². The summed E-state index contributed by atoms with van der Waals surface area (Å²) in [7, 11) is 2.13.